The molecule has 0 atom stereocenters. The third-order valence-corrected chi connectivity index (χ3v) is 2.74. The van der Waals surface area contributed by atoms with E-state index in [4.69, 9.17) is 16.3 Å². The second kappa shape index (κ2) is 5.83. The van der Waals surface area contributed by atoms with Gasteiger partial charge in [0, 0.05) is 10.6 Å². The zero-order valence-corrected chi connectivity index (χ0v) is 11.2. The van der Waals surface area contributed by atoms with Crippen molar-refractivity contribution >= 4 is 17.6 Å². The van der Waals surface area contributed by atoms with E-state index in [2.05, 4.69) is 10.2 Å². The van der Waals surface area contributed by atoms with E-state index in [9.17, 15) is 14.0 Å². The molecule has 1 heterocycles. The Labute approximate surface area is 118 Å². The second-order valence-corrected chi connectivity index (χ2v) is 4.28. The standard InChI is InChI=1S/C13H10ClFN2O3/c1-2-20-13(19)9-6-11(16-17-12(9)18)8-4-3-7(14)5-10(8)15/h3-6H,2H2,1H3,(H,17,18). The first-order chi connectivity index (χ1) is 9.52. The van der Waals surface area contributed by atoms with Gasteiger partial charge in [0.05, 0.1) is 12.3 Å². The van der Waals surface area contributed by atoms with Crippen LogP contribution in [0.15, 0.2) is 29.1 Å². The molecule has 0 aliphatic carbocycles. The highest BCUT2D eigenvalue weighted by Gasteiger charge is 2.15. The molecule has 0 amide bonds. The monoisotopic (exact) mass is 296 g/mol. The van der Waals surface area contributed by atoms with Crippen molar-refractivity contribution in [1.82, 2.24) is 10.2 Å². The van der Waals surface area contributed by atoms with Crippen molar-refractivity contribution in [3.63, 3.8) is 0 Å². The van der Waals surface area contributed by atoms with Crippen LogP contribution in [0.2, 0.25) is 5.02 Å². The Morgan fingerprint density at radius 3 is 2.85 bits per heavy atom. The summed E-state index contributed by atoms with van der Waals surface area (Å²) in [5, 5.41) is 6.09. The van der Waals surface area contributed by atoms with E-state index < -0.39 is 17.3 Å². The van der Waals surface area contributed by atoms with Gasteiger partial charge >= 0.3 is 5.97 Å². The molecule has 5 nitrogen and oxygen atoms in total. The fraction of sp³-hybridized carbons (Fsp3) is 0.154. The smallest absolute Gasteiger partial charge is 0.343 e. The first kappa shape index (κ1) is 14.2. The van der Waals surface area contributed by atoms with Crippen molar-refractivity contribution < 1.29 is 13.9 Å². The van der Waals surface area contributed by atoms with Gasteiger partial charge in [-0.15, -0.1) is 0 Å². The predicted octanol–water partition coefficient (Wildman–Crippen LogP) is 2.41. The molecule has 0 aliphatic rings. The molecule has 2 aromatic rings. The van der Waals surface area contributed by atoms with Crippen LogP contribution in [0, 0.1) is 5.82 Å². The number of nitrogens with zero attached hydrogens (tertiary/aromatic N) is 1. The van der Waals surface area contributed by atoms with Crippen molar-refractivity contribution in [2.75, 3.05) is 6.61 Å². The number of ether oxygens (including phenoxy) is 1. The van der Waals surface area contributed by atoms with Crippen LogP contribution in [0.5, 0.6) is 0 Å². The lowest BCUT2D eigenvalue weighted by molar-refractivity contribution is 0.0524. The second-order valence-electron chi connectivity index (χ2n) is 3.84. The zero-order chi connectivity index (χ0) is 14.7. The Morgan fingerprint density at radius 1 is 1.45 bits per heavy atom. The van der Waals surface area contributed by atoms with Crippen LogP contribution < -0.4 is 5.56 Å². The summed E-state index contributed by atoms with van der Waals surface area (Å²) >= 11 is 5.66. The number of aromatic amines is 1. The van der Waals surface area contributed by atoms with E-state index in [0.717, 1.165) is 6.07 Å². The average molecular weight is 297 g/mol. The fourth-order valence-corrected chi connectivity index (χ4v) is 1.76. The molecule has 0 bridgehead atoms. The van der Waals surface area contributed by atoms with E-state index in [1.54, 1.807) is 6.92 Å². The molecule has 0 spiro atoms. The maximum Gasteiger partial charge on any atom is 0.343 e. The van der Waals surface area contributed by atoms with E-state index in [-0.39, 0.29) is 28.5 Å². The molecule has 20 heavy (non-hydrogen) atoms. The number of halogens is 2. The van der Waals surface area contributed by atoms with Gasteiger partial charge in [-0.25, -0.2) is 14.3 Å². The van der Waals surface area contributed by atoms with Crippen molar-refractivity contribution in [1.29, 1.82) is 0 Å². The molecular weight excluding hydrogens is 287 g/mol. The Kier molecular flexibility index (Phi) is 4.14. The molecule has 0 unspecified atom stereocenters. The van der Waals surface area contributed by atoms with Crippen LogP contribution in [0.25, 0.3) is 11.3 Å². The van der Waals surface area contributed by atoms with Crippen LogP contribution in [0.4, 0.5) is 4.39 Å². The average Bonchev–Trinajstić information content (AvgIpc) is 2.40. The Hall–Kier alpha value is -2.21. The molecule has 0 aliphatic heterocycles. The minimum atomic E-state index is -0.785. The van der Waals surface area contributed by atoms with Gasteiger partial charge in [0.2, 0.25) is 0 Å². The fourth-order valence-electron chi connectivity index (χ4n) is 1.60. The van der Waals surface area contributed by atoms with Crippen LogP contribution in [-0.2, 0) is 4.74 Å². The first-order valence-electron chi connectivity index (χ1n) is 5.75. The molecule has 1 aromatic heterocycles. The summed E-state index contributed by atoms with van der Waals surface area (Å²) in [7, 11) is 0. The molecule has 0 radical (unpaired) electrons. The van der Waals surface area contributed by atoms with Crippen LogP contribution in [0.1, 0.15) is 17.3 Å². The summed E-state index contributed by atoms with van der Waals surface area (Å²) in [5.74, 6) is -1.39. The number of esters is 1. The lowest BCUT2D eigenvalue weighted by Crippen LogP contribution is -2.21. The van der Waals surface area contributed by atoms with Crippen molar-refractivity contribution in [2.45, 2.75) is 6.92 Å². The summed E-state index contributed by atoms with van der Waals surface area (Å²) in [6.45, 7) is 1.75. The summed E-state index contributed by atoms with van der Waals surface area (Å²) < 4.78 is 18.5. The third kappa shape index (κ3) is 2.85. The molecule has 1 N–H and O–H groups in total. The van der Waals surface area contributed by atoms with Gasteiger partial charge in [0.1, 0.15) is 11.4 Å². The molecule has 7 heteroatoms. The van der Waals surface area contributed by atoms with Gasteiger partial charge in [0.15, 0.2) is 0 Å². The highest BCUT2D eigenvalue weighted by molar-refractivity contribution is 6.30. The van der Waals surface area contributed by atoms with Gasteiger partial charge in [-0.1, -0.05) is 11.6 Å². The van der Waals surface area contributed by atoms with Crippen molar-refractivity contribution in [3.05, 3.63) is 51.0 Å². The molecule has 2 rings (SSSR count). The molecule has 1 aromatic carbocycles. The number of carbonyl (C=O) groups is 1. The number of carbonyl (C=O) groups excluding carboxylic acids is 1. The van der Waals surface area contributed by atoms with Gasteiger partial charge in [-0.3, -0.25) is 4.79 Å². The van der Waals surface area contributed by atoms with E-state index >= 15 is 0 Å². The highest BCUT2D eigenvalue weighted by atomic mass is 35.5. The molecular formula is C13H10ClFN2O3. The summed E-state index contributed by atoms with van der Waals surface area (Å²) in [5.41, 5.74) is -0.689. The molecule has 104 valence electrons. The maximum atomic E-state index is 13.8. The number of hydrogen-bond donors (Lipinski definition) is 1. The molecule has 0 fully saturated rings. The number of nitrogens with one attached hydrogen (secondary N) is 1. The number of rotatable bonds is 3. The summed E-state index contributed by atoms with van der Waals surface area (Å²) in [6.07, 6.45) is 0. The maximum absolute atomic E-state index is 13.8. The van der Waals surface area contributed by atoms with Crippen LogP contribution in [0.3, 0.4) is 0 Å². The zero-order valence-electron chi connectivity index (χ0n) is 10.4. The van der Waals surface area contributed by atoms with Gasteiger partial charge in [-0.05, 0) is 31.2 Å². The Morgan fingerprint density at radius 2 is 2.20 bits per heavy atom. The number of hydrogen-bond acceptors (Lipinski definition) is 4. The lowest BCUT2D eigenvalue weighted by atomic mass is 10.1. The van der Waals surface area contributed by atoms with Gasteiger partial charge < -0.3 is 4.74 Å². The first-order valence-corrected chi connectivity index (χ1v) is 6.13. The minimum absolute atomic E-state index is 0.113. The van der Waals surface area contributed by atoms with E-state index in [0.29, 0.717) is 0 Å². The molecule has 0 saturated carbocycles. The predicted molar refractivity (Wildman–Crippen MR) is 71.2 cm³/mol. The molecule has 0 saturated heterocycles. The Balaban J connectivity index is 2.51. The third-order valence-electron chi connectivity index (χ3n) is 2.51. The lowest BCUT2D eigenvalue weighted by Gasteiger charge is -2.05. The SMILES string of the molecule is CCOC(=O)c1cc(-c2ccc(Cl)cc2F)n[nH]c1=O. The highest BCUT2D eigenvalue weighted by Crippen LogP contribution is 2.23. The number of aromatic nitrogens is 2. The van der Waals surface area contributed by atoms with Crippen molar-refractivity contribution in [3.8, 4) is 11.3 Å². The largest absolute Gasteiger partial charge is 0.462 e. The normalized spacial score (nSPS) is 10.3. The topological polar surface area (TPSA) is 72.0 Å². The number of H-pyrrole nitrogens is 1. The van der Waals surface area contributed by atoms with Crippen LogP contribution in [-0.4, -0.2) is 22.8 Å². The van der Waals surface area contributed by atoms with E-state index in [1.807, 2.05) is 0 Å². The quantitative estimate of drug-likeness (QED) is 0.883. The van der Waals surface area contributed by atoms with Gasteiger partial charge in [0.25, 0.3) is 5.56 Å². The summed E-state index contributed by atoms with van der Waals surface area (Å²) in [4.78, 5) is 23.1. The van der Waals surface area contributed by atoms with Crippen LogP contribution >= 0.6 is 11.6 Å². The van der Waals surface area contributed by atoms with Gasteiger partial charge in [-0.2, -0.15) is 5.10 Å². The Bertz CT molecular complexity index is 715. The van der Waals surface area contributed by atoms with E-state index in [1.165, 1.54) is 18.2 Å². The summed E-state index contributed by atoms with van der Waals surface area (Å²) in [6, 6.07) is 5.20. The number of benzene rings is 1. The minimum Gasteiger partial charge on any atom is -0.462 e. The van der Waals surface area contributed by atoms with Crippen molar-refractivity contribution in [2.24, 2.45) is 0 Å².